The normalized spacial score (nSPS) is 17.6. The minimum absolute atomic E-state index is 0.126. The average molecular weight is 657 g/mol. The van der Waals surface area contributed by atoms with Crippen LogP contribution >= 0.6 is 31.9 Å². The second-order valence-electron chi connectivity index (χ2n) is 12.3. The third kappa shape index (κ3) is 4.08. The Hall–Kier alpha value is -2.88. The molecule has 0 atom stereocenters. The van der Waals surface area contributed by atoms with E-state index in [0.29, 0.717) is 11.6 Å². The van der Waals surface area contributed by atoms with E-state index in [1.165, 1.54) is 0 Å². The predicted octanol–water partition coefficient (Wildman–Crippen LogP) is 12.1. The van der Waals surface area contributed by atoms with Crippen molar-refractivity contribution in [2.45, 2.75) is 52.4 Å². The lowest BCUT2D eigenvalue weighted by Gasteiger charge is -2.44. The lowest BCUT2D eigenvalue weighted by Crippen LogP contribution is -2.42. The number of hydrogen-bond acceptors (Lipinski definition) is 1. The highest BCUT2D eigenvalue weighted by Gasteiger charge is 2.56. The summed E-state index contributed by atoms with van der Waals surface area (Å²) in [4.78, 5) is 2.24. The molecule has 0 spiro atoms. The number of benzene rings is 5. The van der Waals surface area contributed by atoms with Crippen LogP contribution in [-0.4, -0.2) is 0 Å². The van der Waals surface area contributed by atoms with E-state index in [1.807, 2.05) is 42.5 Å². The molecule has 0 N–H and O–H groups in total. The molecular formula is C37H35Br2N. The maximum Gasteiger partial charge on any atom is 0.0632 e. The molecule has 1 nitrogen and oxygen atoms in total. The number of anilines is 3. The molecule has 0 aliphatic heterocycles. The van der Waals surface area contributed by atoms with E-state index in [2.05, 4.69) is 121 Å². The fourth-order valence-electron chi connectivity index (χ4n) is 6.19. The highest BCUT2D eigenvalue weighted by Crippen LogP contribution is 2.62. The summed E-state index contributed by atoms with van der Waals surface area (Å²) in [6.07, 6.45) is 0. The van der Waals surface area contributed by atoms with Crippen LogP contribution in [0.3, 0.4) is 0 Å². The Morgan fingerprint density at radius 3 is 1.70 bits per heavy atom. The van der Waals surface area contributed by atoms with Crippen molar-refractivity contribution in [1.82, 2.24) is 0 Å². The Balaban J connectivity index is 1.64. The van der Waals surface area contributed by atoms with Gasteiger partial charge < -0.3 is 4.90 Å². The van der Waals surface area contributed by atoms with Crippen LogP contribution < -0.4 is 4.90 Å². The summed E-state index contributed by atoms with van der Waals surface area (Å²) in [5.41, 5.74) is 5.22. The minimum atomic E-state index is -0.352. The van der Waals surface area contributed by atoms with Gasteiger partial charge in [0.05, 0.1) is 9.80 Å². The highest BCUT2D eigenvalue weighted by atomic mass is 79.9. The van der Waals surface area contributed by atoms with Crippen molar-refractivity contribution in [2.24, 2.45) is 5.41 Å². The van der Waals surface area contributed by atoms with Gasteiger partial charge in [0.25, 0.3) is 0 Å². The molecule has 0 fully saturated rings. The summed E-state index contributed by atoms with van der Waals surface area (Å²) in [7, 11) is 0. The van der Waals surface area contributed by atoms with Gasteiger partial charge in [0.1, 0.15) is 0 Å². The monoisotopic (exact) mass is 654 g/mol. The Morgan fingerprint density at radius 1 is 0.600 bits per heavy atom. The largest absolute Gasteiger partial charge is 0.310 e. The van der Waals surface area contributed by atoms with Gasteiger partial charge in [-0.2, -0.15) is 0 Å². The van der Waals surface area contributed by atoms with Gasteiger partial charge in [-0.25, -0.2) is 0 Å². The van der Waals surface area contributed by atoms with Gasteiger partial charge in [0, 0.05) is 25.7 Å². The van der Waals surface area contributed by atoms with Gasteiger partial charge in [0.2, 0.25) is 0 Å². The van der Waals surface area contributed by atoms with Gasteiger partial charge in [0.15, 0.2) is 0 Å². The average Bonchev–Trinajstić information content (AvgIpc) is 3.08. The molecule has 6 rings (SSSR count). The summed E-state index contributed by atoms with van der Waals surface area (Å²) < 4.78 is 30.2. The second-order valence-corrected chi connectivity index (χ2v) is 14.2. The molecular weight excluding hydrogens is 618 g/mol. The van der Waals surface area contributed by atoms with Gasteiger partial charge in [-0.15, -0.1) is 0 Å². The third-order valence-corrected chi connectivity index (χ3v) is 10.8. The van der Waals surface area contributed by atoms with Crippen LogP contribution in [0.15, 0.2) is 112 Å². The Labute approximate surface area is 259 Å². The summed E-state index contributed by atoms with van der Waals surface area (Å²) >= 11 is 7.16. The van der Waals surface area contributed by atoms with E-state index in [9.17, 15) is 4.11 Å². The van der Waals surface area contributed by atoms with Crippen LogP contribution in [0.25, 0.3) is 21.9 Å². The van der Waals surface area contributed by atoms with Crippen molar-refractivity contribution >= 4 is 59.7 Å². The molecule has 5 aromatic rings. The number of halogens is 2. The van der Waals surface area contributed by atoms with Gasteiger partial charge in [-0.05, 0) is 98.5 Å². The van der Waals surface area contributed by atoms with Crippen LogP contribution in [0.4, 0.5) is 17.1 Å². The molecule has 0 bridgehead atoms. The minimum Gasteiger partial charge on any atom is -0.310 e. The van der Waals surface area contributed by atoms with Crippen molar-refractivity contribution < 1.29 is 4.11 Å². The molecule has 40 heavy (non-hydrogen) atoms. The van der Waals surface area contributed by atoms with Crippen LogP contribution in [0, 0.1) is 5.41 Å². The maximum atomic E-state index is 9.61. The number of hydrogen-bond donors (Lipinski definition) is 0. The van der Waals surface area contributed by atoms with Crippen molar-refractivity contribution in [1.29, 1.82) is 0 Å². The first-order chi connectivity index (χ1) is 20.2. The van der Waals surface area contributed by atoms with Crippen LogP contribution in [0.1, 0.15) is 56.8 Å². The quantitative estimate of drug-likeness (QED) is 0.186. The standard InChI is InChI=1S/C37H35Br2N/c1-35(2)32-21-11-24(23-33(32)36(3,4)37(35,5)6)29-20-22-34(31-10-8-7-9-30(29)31)40(27-16-12-25(38)13-17-27)28-18-14-26(39)15-19-28/h7-23H,1-6H3/i11D,21D,23D. The molecule has 1 aliphatic rings. The SMILES string of the molecule is [2H]c1c([2H])c2c(c([2H])c1-c1ccc(N(c3ccc(Br)cc3)c3ccc(Br)cc3)c3ccccc13)C(C)(C)C(C)(C)C2(C)C. The topological polar surface area (TPSA) is 3.24 Å². The van der Waals surface area contributed by atoms with Gasteiger partial charge in [-0.3, -0.25) is 0 Å². The van der Waals surface area contributed by atoms with E-state index >= 15 is 0 Å². The fourth-order valence-corrected chi connectivity index (χ4v) is 6.72. The number of rotatable bonds is 4. The molecule has 0 unspecified atom stereocenters. The summed E-state index contributed by atoms with van der Waals surface area (Å²) in [5, 5.41) is 1.96. The van der Waals surface area contributed by atoms with E-state index in [4.69, 9.17) is 0 Å². The van der Waals surface area contributed by atoms with E-state index in [0.717, 1.165) is 53.5 Å². The second kappa shape index (κ2) is 9.60. The van der Waals surface area contributed by atoms with Crippen LogP contribution in [-0.2, 0) is 10.8 Å². The smallest absolute Gasteiger partial charge is 0.0632 e. The van der Waals surface area contributed by atoms with Gasteiger partial charge in [-0.1, -0.05) is 122 Å². The third-order valence-electron chi connectivity index (χ3n) is 9.77. The predicted molar refractivity (Wildman–Crippen MR) is 179 cm³/mol. The Bertz CT molecular complexity index is 1850. The molecule has 1 aliphatic carbocycles. The number of fused-ring (bicyclic) bond motifs is 2. The number of nitrogens with zero attached hydrogens (tertiary/aromatic N) is 1. The van der Waals surface area contributed by atoms with E-state index in [1.54, 1.807) is 0 Å². The first-order valence-electron chi connectivity index (χ1n) is 15.2. The fraction of sp³-hybridized carbons (Fsp3) is 0.243. The lowest BCUT2D eigenvalue weighted by atomic mass is 9.59. The Morgan fingerprint density at radius 2 is 1.12 bits per heavy atom. The van der Waals surface area contributed by atoms with Crippen LogP contribution in [0.5, 0.6) is 0 Å². The van der Waals surface area contributed by atoms with Crippen molar-refractivity contribution in [2.75, 3.05) is 4.90 Å². The molecule has 0 saturated carbocycles. The van der Waals surface area contributed by atoms with E-state index in [-0.39, 0.29) is 28.3 Å². The van der Waals surface area contributed by atoms with Crippen molar-refractivity contribution in [3.8, 4) is 11.1 Å². The highest BCUT2D eigenvalue weighted by molar-refractivity contribution is 9.10. The van der Waals surface area contributed by atoms with E-state index < -0.39 is 0 Å². The zero-order chi connectivity index (χ0) is 31.1. The van der Waals surface area contributed by atoms with Crippen molar-refractivity contribution in [3.63, 3.8) is 0 Å². The maximum absolute atomic E-state index is 9.61. The van der Waals surface area contributed by atoms with Gasteiger partial charge >= 0.3 is 0 Å². The summed E-state index contributed by atoms with van der Waals surface area (Å²) in [6, 6.07) is 29.6. The first-order valence-corrected chi connectivity index (χ1v) is 15.3. The van der Waals surface area contributed by atoms with Crippen molar-refractivity contribution in [3.05, 3.63) is 123 Å². The summed E-state index contributed by atoms with van der Waals surface area (Å²) in [6.45, 7) is 13.2. The molecule has 0 aromatic heterocycles. The molecule has 0 amide bonds. The molecule has 3 heteroatoms. The Kier molecular flexibility index (Phi) is 5.71. The molecule has 5 aromatic carbocycles. The summed E-state index contributed by atoms with van der Waals surface area (Å²) in [5.74, 6) is 0. The zero-order valence-electron chi connectivity index (χ0n) is 26.8. The molecule has 0 saturated heterocycles. The molecule has 202 valence electrons. The lowest BCUT2D eigenvalue weighted by molar-refractivity contribution is 0.125. The zero-order valence-corrected chi connectivity index (χ0v) is 27.0. The molecule has 0 radical (unpaired) electrons. The van der Waals surface area contributed by atoms with Crippen LogP contribution in [0.2, 0.25) is 0 Å². The molecule has 0 heterocycles. The first kappa shape index (κ1) is 23.8.